The van der Waals surface area contributed by atoms with E-state index < -0.39 is 31.3 Å². The van der Waals surface area contributed by atoms with E-state index in [4.69, 9.17) is 16.6 Å². The monoisotopic (exact) mass is 227 g/mol. The summed E-state index contributed by atoms with van der Waals surface area (Å²) in [5, 5.41) is 28.5. The molecule has 1 unspecified atom stereocenters. The van der Waals surface area contributed by atoms with Gasteiger partial charge in [0.1, 0.15) is 5.60 Å². The molecule has 0 aromatic heterocycles. The van der Waals surface area contributed by atoms with Crippen LogP contribution in [-0.4, -0.2) is 41.6 Å². The van der Waals surface area contributed by atoms with Crippen molar-refractivity contribution in [1.29, 1.82) is 0 Å². The third-order valence-corrected chi connectivity index (χ3v) is 1.75. The van der Waals surface area contributed by atoms with Gasteiger partial charge in [-0.1, -0.05) is 15.3 Å². The second-order valence-corrected chi connectivity index (χ2v) is 2.81. The van der Waals surface area contributed by atoms with Crippen LogP contribution in [0.25, 0.3) is 31.3 Å². The lowest BCUT2D eigenvalue weighted by atomic mass is 9.97. The molecule has 16 heavy (non-hydrogen) atoms. The van der Waals surface area contributed by atoms with Crippen LogP contribution in [-0.2, 0) is 0 Å². The fourth-order valence-corrected chi connectivity index (χ4v) is 0.853. The number of hydrogen-bond donors (Lipinski definition) is 2. The molecule has 0 aromatic rings. The summed E-state index contributed by atoms with van der Waals surface area (Å²) in [6, 6.07) is 0. The van der Waals surface area contributed by atoms with Crippen molar-refractivity contribution >= 4 is 0 Å². The Morgan fingerprint density at radius 3 is 1.81 bits per heavy atom. The average Bonchev–Trinajstić information content (AvgIpc) is 2.30. The number of aliphatic hydroxyl groups is 2. The molecule has 0 saturated heterocycles. The highest BCUT2D eigenvalue weighted by atomic mass is 16.3. The number of nitrogens with zero attached hydrogens (tertiary/aromatic N) is 9. The maximum Gasteiger partial charge on any atom is 0.102 e. The first-order valence-corrected chi connectivity index (χ1v) is 4.03. The van der Waals surface area contributed by atoms with Crippen molar-refractivity contribution in [2.75, 3.05) is 19.6 Å². The summed E-state index contributed by atoms with van der Waals surface area (Å²) >= 11 is 0. The average molecular weight is 227 g/mol. The maximum atomic E-state index is 9.81. The van der Waals surface area contributed by atoms with Crippen molar-refractivity contribution in [1.82, 2.24) is 0 Å². The van der Waals surface area contributed by atoms with Crippen molar-refractivity contribution in [2.24, 2.45) is 15.3 Å². The Balaban J connectivity index is 4.79. The van der Waals surface area contributed by atoms with Crippen LogP contribution in [0.1, 0.15) is 0 Å². The third-order valence-electron chi connectivity index (χ3n) is 1.75. The summed E-state index contributed by atoms with van der Waals surface area (Å²) < 4.78 is 0. The van der Waals surface area contributed by atoms with Crippen LogP contribution in [0.3, 0.4) is 0 Å². The lowest BCUT2D eigenvalue weighted by Gasteiger charge is -2.28. The van der Waals surface area contributed by atoms with Crippen molar-refractivity contribution < 1.29 is 10.2 Å². The molecule has 0 rings (SSSR count). The zero-order chi connectivity index (χ0) is 12.4. The van der Waals surface area contributed by atoms with Crippen LogP contribution in [0.4, 0.5) is 0 Å². The Hall–Kier alpha value is -2.15. The highest BCUT2D eigenvalue weighted by molar-refractivity contribution is 4.92. The Labute approximate surface area is 89.2 Å². The number of hydrogen-bond acceptors (Lipinski definition) is 5. The van der Waals surface area contributed by atoms with E-state index in [0.717, 1.165) is 0 Å². The van der Waals surface area contributed by atoms with Crippen LogP contribution in [0.5, 0.6) is 0 Å². The van der Waals surface area contributed by atoms with E-state index >= 15 is 0 Å². The van der Waals surface area contributed by atoms with Gasteiger partial charge in [0.05, 0.1) is 25.7 Å². The van der Waals surface area contributed by atoms with Crippen molar-refractivity contribution in [3.63, 3.8) is 0 Å². The molecule has 0 radical (unpaired) electrons. The minimum atomic E-state index is -1.94. The molecule has 0 amide bonds. The molecule has 86 valence electrons. The summed E-state index contributed by atoms with van der Waals surface area (Å²) in [6.45, 7) is -1.41. The third kappa shape index (κ3) is 4.38. The second kappa shape index (κ2) is 7.18. The number of azide groups is 3. The highest BCUT2D eigenvalue weighted by Crippen LogP contribution is 2.13. The summed E-state index contributed by atoms with van der Waals surface area (Å²) in [4.78, 5) is 7.21. The molecule has 1 atom stereocenters. The summed E-state index contributed by atoms with van der Waals surface area (Å²) in [7, 11) is 0. The molecular weight excluding hydrogens is 218 g/mol. The summed E-state index contributed by atoms with van der Waals surface area (Å²) in [6.07, 6.45) is -1.49. The molecule has 11 heteroatoms. The molecule has 0 spiro atoms. The zero-order valence-electron chi connectivity index (χ0n) is 8.12. The maximum absolute atomic E-state index is 9.81. The molecule has 0 aliphatic rings. The van der Waals surface area contributed by atoms with Crippen LogP contribution in [0.15, 0.2) is 15.3 Å². The second-order valence-electron chi connectivity index (χ2n) is 2.81. The predicted molar refractivity (Wildman–Crippen MR) is 53.0 cm³/mol. The lowest BCUT2D eigenvalue weighted by Crippen LogP contribution is -2.49. The number of aliphatic hydroxyl groups excluding tert-OH is 1. The molecule has 0 bridgehead atoms. The van der Waals surface area contributed by atoms with Gasteiger partial charge in [0.2, 0.25) is 0 Å². The van der Waals surface area contributed by atoms with Gasteiger partial charge in [-0.15, -0.1) is 0 Å². The Morgan fingerprint density at radius 1 is 1.00 bits per heavy atom. The molecule has 0 aliphatic heterocycles. The SMILES string of the molecule is [N-]=[N+]=NCC(O)C(O)(CN=[N+]=[N-])CN=[N+]=[N-]. The van der Waals surface area contributed by atoms with E-state index in [2.05, 4.69) is 30.1 Å². The minimum absolute atomic E-state index is 0.422. The fourth-order valence-electron chi connectivity index (χ4n) is 0.853. The van der Waals surface area contributed by atoms with Gasteiger partial charge in [-0.05, 0) is 16.6 Å². The van der Waals surface area contributed by atoms with Gasteiger partial charge < -0.3 is 10.2 Å². The van der Waals surface area contributed by atoms with Crippen LogP contribution >= 0.6 is 0 Å². The van der Waals surface area contributed by atoms with Crippen LogP contribution in [0.2, 0.25) is 0 Å². The molecule has 0 aromatic carbocycles. The zero-order valence-corrected chi connectivity index (χ0v) is 8.12. The van der Waals surface area contributed by atoms with Gasteiger partial charge >= 0.3 is 0 Å². The first-order chi connectivity index (χ1) is 7.60. The molecule has 0 fully saturated rings. The van der Waals surface area contributed by atoms with Crippen LogP contribution in [0, 0.1) is 0 Å². The lowest BCUT2D eigenvalue weighted by molar-refractivity contribution is -0.0558. The summed E-state index contributed by atoms with van der Waals surface area (Å²) in [5.74, 6) is 0. The molecule has 0 aliphatic carbocycles. The molecule has 2 N–H and O–H groups in total. The first kappa shape index (κ1) is 13.8. The Kier molecular flexibility index (Phi) is 6.22. The van der Waals surface area contributed by atoms with Gasteiger partial charge in [0.25, 0.3) is 0 Å². The minimum Gasteiger partial charge on any atom is -0.390 e. The van der Waals surface area contributed by atoms with E-state index in [1.165, 1.54) is 0 Å². The molecular formula is C5H9N9O2. The van der Waals surface area contributed by atoms with Gasteiger partial charge in [0.15, 0.2) is 0 Å². The normalized spacial score (nSPS) is 14.6. The van der Waals surface area contributed by atoms with Gasteiger partial charge in [-0.3, -0.25) is 0 Å². The summed E-state index contributed by atoms with van der Waals surface area (Å²) in [5.41, 5.74) is 22.3. The number of rotatable bonds is 7. The smallest absolute Gasteiger partial charge is 0.102 e. The topological polar surface area (TPSA) is 187 Å². The molecule has 11 nitrogen and oxygen atoms in total. The van der Waals surface area contributed by atoms with Gasteiger partial charge in [-0.25, -0.2) is 0 Å². The van der Waals surface area contributed by atoms with E-state index in [0.29, 0.717) is 0 Å². The molecule has 0 heterocycles. The molecule has 0 saturated carbocycles. The van der Waals surface area contributed by atoms with Crippen LogP contribution < -0.4 is 0 Å². The van der Waals surface area contributed by atoms with Gasteiger partial charge in [0, 0.05) is 14.7 Å². The quantitative estimate of drug-likeness (QED) is 0.373. The fraction of sp³-hybridized carbons (Fsp3) is 1.00. The van der Waals surface area contributed by atoms with E-state index in [1.54, 1.807) is 0 Å². The van der Waals surface area contributed by atoms with Crippen molar-refractivity contribution in [3.05, 3.63) is 31.3 Å². The Morgan fingerprint density at radius 2 is 1.44 bits per heavy atom. The van der Waals surface area contributed by atoms with Crippen molar-refractivity contribution in [2.45, 2.75) is 11.7 Å². The standard InChI is InChI=1S/C5H9N9O2/c6-12-9-1-4(15)5(16,2-10-13-7)3-11-14-8/h4,15-16H,1-3H2. The first-order valence-electron chi connectivity index (χ1n) is 4.03. The van der Waals surface area contributed by atoms with Gasteiger partial charge in [-0.2, -0.15) is 0 Å². The largest absolute Gasteiger partial charge is 0.390 e. The van der Waals surface area contributed by atoms with E-state index in [-0.39, 0.29) is 0 Å². The van der Waals surface area contributed by atoms with E-state index in [9.17, 15) is 10.2 Å². The highest BCUT2D eigenvalue weighted by Gasteiger charge is 2.33. The van der Waals surface area contributed by atoms with E-state index in [1.807, 2.05) is 0 Å². The Bertz CT molecular complexity index is 342. The van der Waals surface area contributed by atoms with Crippen molar-refractivity contribution in [3.8, 4) is 0 Å². The predicted octanol–water partition coefficient (Wildman–Crippen LogP) is 1.01.